The molecule has 0 spiro atoms. The zero-order chi connectivity index (χ0) is 34.2. The molecule has 3 fully saturated rings. The number of aromatic carboxylic acids is 1. The topological polar surface area (TPSA) is 200 Å². The molecule has 1 unspecified atom stereocenters. The second-order valence-electron chi connectivity index (χ2n) is 12.1. The van der Waals surface area contributed by atoms with Crippen LogP contribution >= 0.6 is 24.2 Å². The van der Waals surface area contributed by atoms with Crippen molar-refractivity contribution in [3.8, 4) is 0 Å². The first-order valence-corrected chi connectivity index (χ1v) is 16.2. The predicted octanol–water partition coefficient (Wildman–Crippen LogP) is 0.658. The molecular formula is C31H40ClFN7NaO7S. The Balaban J connectivity index is 0.000000255. The van der Waals surface area contributed by atoms with Gasteiger partial charge in [0.05, 0.1) is 5.39 Å². The number of carbonyl (C=O) groups excluding carboxylic acids is 2. The second kappa shape index (κ2) is 16.4. The molecule has 3 saturated heterocycles. The summed E-state index contributed by atoms with van der Waals surface area (Å²) in [6, 6.07) is -1.28. The Morgan fingerprint density at radius 3 is 2.45 bits per heavy atom. The number of hydrogen-bond acceptors (Lipinski definition) is 10. The van der Waals surface area contributed by atoms with Crippen molar-refractivity contribution < 1.29 is 33.8 Å². The zero-order valence-electron chi connectivity index (χ0n) is 26.6. The number of carbonyl (C=O) groups is 4. The van der Waals surface area contributed by atoms with Crippen molar-refractivity contribution in [2.75, 3.05) is 31.1 Å². The molecule has 4 atom stereocenters. The van der Waals surface area contributed by atoms with E-state index in [4.69, 9.17) is 10.8 Å². The average molecular weight is 732 g/mol. The number of β-lactam (4-membered cyclic amide) rings is 1. The second-order valence-corrected chi connectivity index (χ2v) is 13.9. The fraction of sp³-hybridized carbons (Fsp3) is 0.484. The monoisotopic (exact) mass is 731 g/mol. The molecule has 2 amide bonds. The molecule has 14 nitrogen and oxygen atoms in total. The Hall–Kier alpha value is -2.99. The van der Waals surface area contributed by atoms with Crippen LogP contribution in [0.3, 0.4) is 0 Å². The number of aromatic nitrogens is 2. The number of rotatable bonds is 7. The van der Waals surface area contributed by atoms with Gasteiger partial charge in [0, 0.05) is 43.7 Å². The molecule has 4 aliphatic rings. The van der Waals surface area contributed by atoms with Gasteiger partial charge >= 0.3 is 41.5 Å². The Morgan fingerprint density at radius 1 is 1.20 bits per heavy atom. The number of thioether (sulfide) groups is 1. The SMILES string of the molecule is CC1(C)S[C@@H]2[C@H](NC(=O)C(N)C3=CCC=CC3)C(=O)N2[C@H]1C(=O)O.CCn1cc(C(=O)O)c(=O)c2cc(F)c(N3CCNCC3)nc21.Cl.[NaH]. The number of allylic oxidation sites excluding steroid dienone is 3. The van der Waals surface area contributed by atoms with Gasteiger partial charge in [-0.2, -0.15) is 0 Å². The summed E-state index contributed by atoms with van der Waals surface area (Å²) >= 11 is 1.40. The van der Waals surface area contributed by atoms with Crippen LogP contribution in [0.2, 0.25) is 0 Å². The van der Waals surface area contributed by atoms with E-state index < -0.39 is 52.0 Å². The number of nitrogens with one attached hydrogen (secondary N) is 2. The molecular weight excluding hydrogens is 692 g/mol. The normalized spacial score (nSPS) is 22.7. The van der Waals surface area contributed by atoms with Crippen LogP contribution in [0.25, 0.3) is 11.0 Å². The maximum absolute atomic E-state index is 14.4. The summed E-state index contributed by atoms with van der Waals surface area (Å²) in [5.74, 6) is -3.52. The number of amides is 2. The van der Waals surface area contributed by atoms with E-state index in [1.54, 1.807) is 18.4 Å². The number of carboxylic acid groups (broad SMARTS) is 2. The summed E-state index contributed by atoms with van der Waals surface area (Å²) in [5, 5.41) is 24.0. The zero-order valence-corrected chi connectivity index (χ0v) is 28.3. The molecule has 0 bridgehead atoms. The minimum absolute atomic E-state index is 0. The molecule has 1 aliphatic carbocycles. The van der Waals surface area contributed by atoms with E-state index in [9.17, 15) is 33.5 Å². The molecule has 2 aromatic rings. The van der Waals surface area contributed by atoms with Gasteiger partial charge in [-0.3, -0.25) is 14.4 Å². The first-order chi connectivity index (χ1) is 22.3. The molecule has 6 N–H and O–H groups in total. The van der Waals surface area contributed by atoms with Gasteiger partial charge in [0.2, 0.25) is 17.2 Å². The van der Waals surface area contributed by atoms with Gasteiger partial charge in [0.15, 0.2) is 11.6 Å². The van der Waals surface area contributed by atoms with Gasteiger partial charge in [-0.05, 0) is 45.3 Å². The predicted molar refractivity (Wildman–Crippen MR) is 188 cm³/mol. The number of nitrogens with zero attached hydrogens (tertiary/aromatic N) is 4. The number of anilines is 1. The Bertz CT molecular complexity index is 1750. The van der Waals surface area contributed by atoms with E-state index in [1.807, 2.05) is 30.1 Å². The Kier molecular flexibility index (Phi) is 13.5. The fourth-order valence-corrected chi connectivity index (χ4v) is 7.82. The number of fused-ring (bicyclic) bond motifs is 2. The van der Waals surface area contributed by atoms with Crippen LogP contribution in [-0.2, 0) is 20.9 Å². The van der Waals surface area contributed by atoms with Gasteiger partial charge in [-0.25, -0.2) is 19.0 Å². The summed E-state index contributed by atoms with van der Waals surface area (Å²) < 4.78 is 15.4. The van der Waals surface area contributed by atoms with Crippen LogP contribution in [0.5, 0.6) is 0 Å². The van der Waals surface area contributed by atoms with Gasteiger partial charge in [0.25, 0.3) is 0 Å². The molecule has 0 saturated carbocycles. The quantitative estimate of drug-likeness (QED) is 0.152. The van der Waals surface area contributed by atoms with E-state index in [1.165, 1.54) is 22.9 Å². The van der Waals surface area contributed by atoms with Crippen molar-refractivity contribution >= 4 is 94.3 Å². The summed E-state index contributed by atoms with van der Waals surface area (Å²) in [5.41, 5.74) is 6.04. The van der Waals surface area contributed by atoms with Crippen molar-refractivity contribution in [2.45, 2.75) is 68.4 Å². The first kappa shape index (κ1) is 40.4. The molecule has 18 heteroatoms. The van der Waals surface area contributed by atoms with E-state index in [0.29, 0.717) is 31.7 Å². The average Bonchev–Trinajstić information content (AvgIpc) is 3.31. The Labute approximate surface area is 314 Å². The number of aryl methyl sites for hydroxylation is 1. The summed E-state index contributed by atoms with van der Waals surface area (Å²) in [6.07, 6.45) is 8.54. The third kappa shape index (κ3) is 8.00. The fourth-order valence-electron chi connectivity index (χ4n) is 6.20. The molecule has 0 aromatic carbocycles. The van der Waals surface area contributed by atoms with Crippen LogP contribution in [0.1, 0.15) is 44.0 Å². The number of hydrogen-bond donors (Lipinski definition) is 5. The van der Waals surface area contributed by atoms with Crippen molar-refractivity contribution in [3.63, 3.8) is 0 Å². The number of aliphatic carboxylic acids is 1. The molecule has 262 valence electrons. The van der Waals surface area contributed by atoms with Crippen LogP contribution in [0.4, 0.5) is 10.2 Å². The summed E-state index contributed by atoms with van der Waals surface area (Å²) in [4.78, 5) is 67.1. The minimum atomic E-state index is -1.33. The summed E-state index contributed by atoms with van der Waals surface area (Å²) in [7, 11) is 0. The van der Waals surface area contributed by atoms with Crippen molar-refractivity contribution in [2.24, 2.45) is 5.73 Å². The molecule has 5 heterocycles. The van der Waals surface area contributed by atoms with Gasteiger partial charge in [0.1, 0.15) is 34.7 Å². The number of carboxylic acids is 2. The number of pyridine rings is 2. The van der Waals surface area contributed by atoms with Gasteiger partial charge in [-0.15, -0.1) is 24.2 Å². The van der Waals surface area contributed by atoms with Crippen LogP contribution in [0.15, 0.2) is 40.9 Å². The molecule has 6 rings (SSSR count). The molecule has 3 aliphatic heterocycles. The van der Waals surface area contributed by atoms with Gasteiger partial charge in [-0.1, -0.05) is 18.2 Å². The summed E-state index contributed by atoms with van der Waals surface area (Å²) in [6.45, 7) is 8.55. The maximum atomic E-state index is 14.4. The van der Waals surface area contributed by atoms with E-state index in [2.05, 4.69) is 15.6 Å². The number of piperazine rings is 1. The van der Waals surface area contributed by atoms with Crippen LogP contribution in [0, 0.1) is 5.82 Å². The van der Waals surface area contributed by atoms with Gasteiger partial charge < -0.3 is 40.9 Å². The number of halogens is 2. The molecule has 2 aromatic heterocycles. The molecule has 49 heavy (non-hydrogen) atoms. The van der Waals surface area contributed by atoms with Crippen molar-refractivity contribution in [1.29, 1.82) is 0 Å². The van der Waals surface area contributed by atoms with Crippen molar-refractivity contribution in [1.82, 2.24) is 25.1 Å². The van der Waals surface area contributed by atoms with Crippen LogP contribution < -0.4 is 26.7 Å². The van der Waals surface area contributed by atoms with E-state index in [-0.39, 0.29) is 70.0 Å². The third-order valence-corrected chi connectivity index (χ3v) is 10.2. The third-order valence-electron chi connectivity index (χ3n) is 8.66. The first-order valence-electron chi connectivity index (χ1n) is 15.3. The number of nitrogens with two attached hydrogens (primary N) is 1. The van der Waals surface area contributed by atoms with E-state index in [0.717, 1.165) is 31.1 Å². The molecule has 0 radical (unpaired) electrons. The standard InChI is InChI=1S/C16H21N3O4S.C15H17FN4O3.ClH.Na.H/c1-16(2)11(15(22)23)19-13(21)10(14(19)24-16)18-12(20)9(17)8-6-4-3-5-7-8;1-2-19-8-10(15(22)23)12(21)9-7-11(16)14(18-13(9)19)20-5-3-17-4-6-20;;;/h3-4,7,9-11,14H,5-6,17H2,1-2H3,(H,18,20)(H,22,23);7-8,17H,2-6H2,1H3,(H,22,23);1H;;/t9?,10-,11+,14-;;;;/m1..../s1. The Morgan fingerprint density at radius 2 is 1.88 bits per heavy atom. The van der Waals surface area contributed by atoms with Crippen LogP contribution in [-0.4, -0.2) is 132 Å². The van der Waals surface area contributed by atoms with Crippen molar-refractivity contribution in [3.05, 3.63) is 57.7 Å². The van der Waals surface area contributed by atoms with E-state index >= 15 is 0 Å².